The maximum atomic E-state index is 13.1. The van der Waals surface area contributed by atoms with E-state index in [4.69, 9.17) is 4.74 Å². The van der Waals surface area contributed by atoms with E-state index < -0.39 is 6.04 Å². The van der Waals surface area contributed by atoms with Gasteiger partial charge in [0.25, 0.3) is 5.91 Å². The van der Waals surface area contributed by atoms with Gasteiger partial charge >= 0.3 is 0 Å². The van der Waals surface area contributed by atoms with Crippen LogP contribution < -0.4 is 10.1 Å². The van der Waals surface area contributed by atoms with Crippen LogP contribution in [-0.4, -0.2) is 35.4 Å². The summed E-state index contributed by atoms with van der Waals surface area (Å²) in [5.41, 5.74) is 3.06. The molecule has 162 valence electrons. The van der Waals surface area contributed by atoms with Crippen molar-refractivity contribution in [3.8, 4) is 5.75 Å². The van der Waals surface area contributed by atoms with Crippen LogP contribution in [0.3, 0.4) is 0 Å². The number of nitrogens with zero attached hydrogens (tertiary/aromatic N) is 1. The summed E-state index contributed by atoms with van der Waals surface area (Å²) < 4.78 is 6.76. The molecule has 1 N–H and O–H groups in total. The smallest absolute Gasteiger partial charge is 0.261 e. The van der Waals surface area contributed by atoms with Crippen molar-refractivity contribution in [3.63, 3.8) is 0 Å². The standard InChI is InChI=1S/C24H31BrN2O3/c1-6-18(4)26-24(29)19(5)27(14-20-8-10-21(25)11-9-20)23(28)15-30-22-12-7-16(2)13-17(22)3/h7-13,18-19H,6,14-15H2,1-5H3,(H,26,29)/t18-,19-/m1/s1. The Morgan fingerprint density at radius 2 is 1.77 bits per heavy atom. The first-order chi connectivity index (χ1) is 14.2. The van der Waals surface area contributed by atoms with E-state index in [0.717, 1.165) is 27.6 Å². The highest BCUT2D eigenvalue weighted by Crippen LogP contribution is 2.19. The third-order valence-electron chi connectivity index (χ3n) is 5.12. The highest BCUT2D eigenvalue weighted by atomic mass is 79.9. The molecule has 2 amide bonds. The van der Waals surface area contributed by atoms with Gasteiger partial charge in [-0.25, -0.2) is 0 Å². The lowest BCUT2D eigenvalue weighted by Gasteiger charge is -2.29. The van der Waals surface area contributed by atoms with Crippen molar-refractivity contribution in [1.82, 2.24) is 10.2 Å². The van der Waals surface area contributed by atoms with Gasteiger partial charge in [-0.15, -0.1) is 0 Å². The molecule has 30 heavy (non-hydrogen) atoms. The molecule has 2 rings (SSSR count). The van der Waals surface area contributed by atoms with Crippen molar-refractivity contribution in [3.05, 3.63) is 63.6 Å². The minimum absolute atomic E-state index is 0.0519. The number of hydrogen-bond acceptors (Lipinski definition) is 3. The van der Waals surface area contributed by atoms with Crippen molar-refractivity contribution >= 4 is 27.7 Å². The second kappa shape index (κ2) is 11.2. The number of benzene rings is 2. The number of ether oxygens (including phenoxy) is 1. The molecule has 0 saturated heterocycles. The predicted octanol–water partition coefficient (Wildman–Crippen LogP) is 4.78. The second-order valence-electron chi connectivity index (χ2n) is 7.70. The van der Waals surface area contributed by atoms with Crippen LogP contribution in [0.15, 0.2) is 46.9 Å². The van der Waals surface area contributed by atoms with Gasteiger partial charge in [-0.2, -0.15) is 0 Å². The fraction of sp³-hybridized carbons (Fsp3) is 0.417. The van der Waals surface area contributed by atoms with Crippen molar-refractivity contribution in [1.29, 1.82) is 0 Å². The molecule has 0 heterocycles. The molecule has 0 bridgehead atoms. The summed E-state index contributed by atoms with van der Waals surface area (Å²) in [6, 6.07) is 13.0. The number of halogens is 1. The molecule has 0 aliphatic heterocycles. The quantitative estimate of drug-likeness (QED) is 0.568. The van der Waals surface area contributed by atoms with Gasteiger partial charge < -0.3 is 15.0 Å². The van der Waals surface area contributed by atoms with E-state index in [2.05, 4.69) is 21.2 Å². The van der Waals surface area contributed by atoms with Crippen LogP contribution in [-0.2, 0) is 16.1 Å². The molecular weight excluding hydrogens is 444 g/mol. The first-order valence-electron chi connectivity index (χ1n) is 10.3. The van der Waals surface area contributed by atoms with Crippen LogP contribution >= 0.6 is 15.9 Å². The normalized spacial score (nSPS) is 12.7. The molecule has 5 nitrogen and oxygen atoms in total. The Kier molecular flexibility index (Phi) is 8.90. The van der Waals surface area contributed by atoms with Gasteiger partial charge in [-0.3, -0.25) is 9.59 Å². The van der Waals surface area contributed by atoms with Gasteiger partial charge in [-0.05, 0) is 63.4 Å². The van der Waals surface area contributed by atoms with Crippen molar-refractivity contribution in [2.45, 2.75) is 59.7 Å². The van der Waals surface area contributed by atoms with Gasteiger partial charge in [-0.1, -0.05) is 52.7 Å². The van der Waals surface area contributed by atoms with E-state index in [1.807, 2.05) is 70.2 Å². The first kappa shape index (κ1) is 23.9. The number of nitrogens with one attached hydrogen (secondary N) is 1. The van der Waals surface area contributed by atoms with Crippen molar-refractivity contribution in [2.75, 3.05) is 6.61 Å². The summed E-state index contributed by atoms with van der Waals surface area (Å²) in [7, 11) is 0. The molecule has 2 aromatic carbocycles. The Balaban J connectivity index is 2.16. The van der Waals surface area contributed by atoms with E-state index >= 15 is 0 Å². The second-order valence-corrected chi connectivity index (χ2v) is 8.62. The van der Waals surface area contributed by atoms with Gasteiger partial charge in [0.05, 0.1) is 0 Å². The molecule has 0 aliphatic carbocycles. The zero-order chi connectivity index (χ0) is 22.3. The van der Waals surface area contributed by atoms with Gasteiger partial charge in [0.2, 0.25) is 5.91 Å². The van der Waals surface area contributed by atoms with Crippen LogP contribution in [0, 0.1) is 13.8 Å². The van der Waals surface area contributed by atoms with Crippen LogP contribution in [0.25, 0.3) is 0 Å². The van der Waals surface area contributed by atoms with Gasteiger partial charge in [0.1, 0.15) is 11.8 Å². The molecule has 2 aromatic rings. The molecule has 0 fully saturated rings. The summed E-state index contributed by atoms with van der Waals surface area (Å²) in [6.45, 7) is 9.89. The summed E-state index contributed by atoms with van der Waals surface area (Å²) >= 11 is 3.43. The number of carbonyl (C=O) groups is 2. The Morgan fingerprint density at radius 3 is 2.37 bits per heavy atom. The number of rotatable bonds is 9. The zero-order valence-corrected chi connectivity index (χ0v) is 20.0. The van der Waals surface area contributed by atoms with E-state index in [-0.39, 0.29) is 24.5 Å². The Bertz CT molecular complexity index is 867. The lowest BCUT2D eigenvalue weighted by molar-refractivity contribution is -0.142. The average Bonchev–Trinajstić information content (AvgIpc) is 2.71. The van der Waals surface area contributed by atoms with E-state index in [1.54, 1.807) is 11.8 Å². The Hall–Kier alpha value is -2.34. The monoisotopic (exact) mass is 474 g/mol. The lowest BCUT2D eigenvalue weighted by atomic mass is 10.1. The molecule has 6 heteroatoms. The molecule has 0 unspecified atom stereocenters. The summed E-state index contributed by atoms with van der Waals surface area (Å²) in [6.07, 6.45) is 0.828. The topological polar surface area (TPSA) is 58.6 Å². The molecular formula is C24H31BrN2O3. The highest BCUT2D eigenvalue weighted by Gasteiger charge is 2.27. The zero-order valence-electron chi connectivity index (χ0n) is 18.4. The van der Waals surface area contributed by atoms with Crippen molar-refractivity contribution in [2.24, 2.45) is 0 Å². The minimum Gasteiger partial charge on any atom is -0.483 e. The number of carbonyl (C=O) groups excluding carboxylic acids is 2. The summed E-state index contributed by atoms with van der Waals surface area (Å²) in [4.78, 5) is 27.4. The Labute approximate surface area is 187 Å². The SMILES string of the molecule is CC[C@@H](C)NC(=O)[C@@H](C)N(Cc1ccc(Br)cc1)C(=O)COc1ccc(C)cc1C. The van der Waals surface area contributed by atoms with Crippen molar-refractivity contribution < 1.29 is 14.3 Å². The maximum absolute atomic E-state index is 13.1. The third kappa shape index (κ3) is 6.87. The first-order valence-corrected chi connectivity index (χ1v) is 11.0. The minimum atomic E-state index is -0.613. The Morgan fingerprint density at radius 1 is 1.10 bits per heavy atom. The molecule has 2 atom stereocenters. The highest BCUT2D eigenvalue weighted by molar-refractivity contribution is 9.10. The van der Waals surface area contributed by atoms with E-state index in [1.165, 1.54) is 0 Å². The van der Waals surface area contributed by atoms with Crippen LogP contribution in [0.2, 0.25) is 0 Å². The van der Waals surface area contributed by atoms with Crippen LogP contribution in [0.1, 0.15) is 43.9 Å². The van der Waals surface area contributed by atoms with Gasteiger partial charge in [0.15, 0.2) is 6.61 Å². The fourth-order valence-electron chi connectivity index (χ4n) is 3.02. The third-order valence-corrected chi connectivity index (χ3v) is 5.64. The molecule has 0 saturated carbocycles. The molecule has 0 radical (unpaired) electrons. The number of aryl methyl sites for hydroxylation is 2. The fourth-order valence-corrected chi connectivity index (χ4v) is 3.28. The van der Waals surface area contributed by atoms with Crippen LogP contribution in [0.4, 0.5) is 0 Å². The van der Waals surface area contributed by atoms with Crippen LogP contribution in [0.5, 0.6) is 5.75 Å². The number of hydrogen-bond donors (Lipinski definition) is 1. The largest absolute Gasteiger partial charge is 0.483 e. The van der Waals surface area contributed by atoms with E-state index in [9.17, 15) is 9.59 Å². The maximum Gasteiger partial charge on any atom is 0.261 e. The van der Waals surface area contributed by atoms with E-state index in [0.29, 0.717) is 12.3 Å². The summed E-state index contributed by atoms with van der Waals surface area (Å²) in [5, 5.41) is 2.97. The molecule has 0 aliphatic rings. The lowest BCUT2D eigenvalue weighted by Crippen LogP contribution is -2.50. The predicted molar refractivity (Wildman–Crippen MR) is 123 cm³/mol. The summed E-state index contributed by atoms with van der Waals surface area (Å²) in [5.74, 6) is 0.278. The number of amides is 2. The average molecular weight is 475 g/mol. The molecule has 0 aromatic heterocycles. The molecule has 0 spiro atoms. The van der Waals surface area contributed by atoms with Gasteiger partial charge in [0, 0.05) is 17.1 Å².